The normalized spacial score (nSPS) is 23.0. The number of benzene rings is 2. The third kappa shape index (κ3) is 2.30. The fourth-order valence-corrected chi connectivity index (χ4v) is 5.02. The molecule has 0 saturated heterocycles. The van der Waals surface area contributed by atoms with Gasteiger partial charge in [0.15, 0.2) is 0 Å². The molecule has 1 aliphatic heterocycles. The lowest BCUT2D eigenvalue weighted by Gasteiger charge is -2.12. The molecule has 3 nitrogen and oxygen atoms in total. The predicted molar refractivity (Wildman–Crippen MR) is 89.1 cm³/mol. The number of rotatable bonds is 3. The second-order valence-corrected chi connectivity index (χ2v) is 7.65. The van der Waals surface area contributed by atoms with E-state index >= 15 is 0 Å². The van der Waals surface area contributed by atoms with E-state index < -0.39 is 9.84 Å². The maximum atomic E-state index is 13.2. The molecule has 4 rings (SSSR count). The first-order valence-corrected chi connectivity index (χ1v) is 9.09. The summed E-state index contributed by atoms with van der Waals surface area (Å²) in [5, 5.41) is 0. The minimum absolute atomic E-state index is 0.129. The van der Waals surface area contributed by atoms with Crippen LogP contribution < -0.4 is 0 Å². The second-order valence-electron chi connectivity index (χ2n) is 5.73. The van der Waals surface area contributed by atoms with Gasteiger partial charge in [-0.1, -0.05) is 54.6 Å². The van der Waals surface area contributed by atoms with Gasteiger partial charge in [0.1, 0.15) is 11.9 Å². The van der Waals surface area contributed by atoms with Crippen LogP contribution in [0.2, 0.25) is 0 Å². The zero-order valence-corrected chi connectivity index (χ0v) is 13.2. The first kappa shape index (κ1) is 14.3. The standard InChI is InChI=1S/C19H16O3S/c20-23(21,15-10-5-2-6-11-15)19-16-12-7-13-17(16)22-18(19)14-8-3-1-4-9-14/h1-11,13,16-17H,12H2. The van der Waals surface area contributed by atoms with Crippen molar-refractivity contribution in [3.8, 4) is 0 Å². The first-order chi connectivity index (χ1) is 11.2. The smallest absolute Gasteiger partial charge is 0.206 e. The summed E-state index contributed by atoms with van der Waals surface area (Å²) in [6.07, 6.45) is 4.47. The molecule has 2 aromatic rings. The highest BCUT2D eigenvalue weighted by molar-refractivity contribution is 7.95. The van der Waals surface area contributed by atoms with E-state index in [-0.39, 0.29) is 12.0 Å². The Labute approximate surface area is 135 Å². The van der Waals surface area contributed by atoms with Crippen molar-refractivity contribution < 1.29 is 13.2 Å². The van der Waals surface area contributed by atoms with E-state index in [1.54, 1.807) is 24.3 Å². The summed E-state index contributed by atoms with van der Waals surface area (Å²) >= 11 is 0. The molecule has 0 radical (unpaired) electrons. The molecule has 0 aromatic heterocycles. The molecular formula is C19H16O3S. The summed E-state index contributed by atoms with van der Waals surface area (Å²) < 4.78 is 32.4. The molecule has 2 unspecified atom stereocenters. The largest absolute Gasteiger partial charge is 0.484 e. The lowest BCUT2D eigenvalue weighted by Crippen LogP contribution is -2.16. The van der Waals surface area contributed by atoms with Gasteiger partial charge in [-0.25, -0.2) is 8.42 Å². The fourth-order valence-electron chi connectivity index (χ4n) is 3.22. The van der Waals surface area contributed by atoms with E-state index in [1.807, 2.05) is 48.6 Å². The number of sulfone groups is 1. The van der Waals surface area contributed by atoms with Crippen LogP contribution in [0.4, 0.5) is 0 Å². The Morgan fingerprint density at radius 3 is 2.26 bits per heavy atom. The van der Waals surface area contributed by atoms with Gasteiger partial charge >= 0.3 is 0 Å². The molecular weight excluding hydrogens is 308 g/mol. The van der Waals surface area contributed by atoms with Crippen LogP contribution in [-0.4, -0.2) is 14.5 Å². The van der Waals surface area contributed by atoms with Crippen LogP contribution in [0.25, 0.3) is 5.76 Å². The molecule has 0 N–H and O–H groups in total. The topological polar surface area (TPSA) is 43.4 Å². The van der Waals surface area contributed by atoms with Crippen molar-refractivity contribution >= 4 is 15.6 Å². The highest BCUT2D eigenvalue weighted by Crippen LogP contribution is 2.46. The van der Waals surface area contributed by atoms with Gasteiger partial charge in [0.25, 0.3) is 0 Å². The van der Waals surface area contributed by atoms with Crippen LogP contribution in [0.5, 0.6) is 0 Å². The van der Waals surface area contributed by atoms with Crippen LogP contribution in [0.3, 0.4) is 0 Å². The lowest BCUT2D eigenvalue weighted by atomic mass is 10.0. The van der Waals surface area contributed by atoms with E-state index in [0.717, 1.165) is 5.56 Å². The maximum Gasteiger partial charge on any atom is 0.206 e. The molecule has 0 bridgehead atoms. The molecule has 1 heterocycles. The van der Waals surface area contributed by atoms with Crippen molar-refractivity contribution in [2.24, 2.45) is 5.92 Å². The Morgan fingerprint density at radius 2 is 1.57 bits per heavy atom. The summed E-state index contributed by atoms with van der Waals surface area (Å²) in [5.41, 5.74) is 0.810. The number of hydrogen-bond donors (Lipinski definition) is 0. The minimum Gasteiger partial charge on any atom is -0.484 e. The fraction of sp³-hybridized carbons (Fsp3) is 0.158. The molecule has 0 fully saturated rings. The molecule has 0 amide bonds. The molecule has 0 spiro atoms. The van der Waals surface area contributed by atoms with Gasteiger partial charge in [0, 0.05) is 11.5 Å². The average Bonchev–Trinajstić information content (AvgIpc) is 3.17. The number of hydrogen-bond acceptors (Lipinski definition) is 3. The van der Waals surface area contributed by atoms with Gasteiger partial charge in [0.2, 0.25) is 9.84 Å². The van der Waals surface area contributed by atoms with Crippen LogP contribution >= 0.6 is 0 Å². The van der Waals surface area contributed by atoms with Gasteiger partial charge in [-0.3, -0.25) is 0 Å². The Morgan fingerprint density at radius 1 is 0.913 bits per heavy atom. The van der Waals surface area contributed by atoms with Gasteiger partial charge in [-0.2, -0.15) is 0 Å². The van der Waals surface area contributed by atoms with E-state index in [0.29, 0.717) is 22.0 Å². The van der Waals surface area contributed by atoms with Crippen molar-refractivity contribution in [2.45, 2.75) is 17.4 Å². The van der Waals surface area contributed by atoms with Crippen molar-refractivity contribution in [1.82, 2.24) is 0 Å². The SMILES string of the molecule is O=S(=O)(C1=C(c2ccccc2)OC2C=CCC12)c1ccccc1. The third-order valence-electron chi connectivity index (χ3n) is 4.31. The quantitative estimate of drug-likeness (QED) is 0.807. The summed E-state index contributed by atoms with van der Waals surface area (Å²) in [4.78, 5) is 0.726. The first-order valence-electron chi connectivity index (χ1n) is 7.61. The van der Waals surface area contributed by atoms with E-state index in [4.69, 9.17) is 4.74 Å². The Kier molecular flexibility index (Phi) is 3.34. The second kappa shape index (κ2) is 5.39. The number of allylic oxidation sites excluding steroid dienone is 1. The lowest BCUT2D eigenvalue weighted by molar-refractivity contribution is 0.207. The van der Waals surface area contributed by atoms with Crippen LogP contribution in [0, 0.1) is 5.92 Å². The van der Waals surface area contributed by atoms with Crippen molar-refractivity contribution in [3.63, 3.8) is 0 Å². The highest BCUT2D eigenvalue weighted by Gasteiger charge is 2.44. The van der Waals surface area contributed by atoms with Gasteiger partial charge in [-0.15, -0.1) is 0 Å². The van der Waals surface area contributed by atoms with Gasteiger partial charge in [0.05, 0.1) is 9.80 Å². The van der Waals surface area contributed by atoms with Gasteiger partial charge in [-0.05, 0) is 24.6 Å². The molecule has 116 valence electrons. The predicted octanol–water partition coefficient (Wildman–Crippen LogP) is 3.80. The van der Waals surface area contributed by atoms with Crippen molar-refractivity contribution in [3.05, 3.63) is 83.3 Å². The molecule has 2 aromatic carbocycles. The Bertz CT molecular complexity index is 881. The average molecular weight is 324 g/mol. The molecule has 23 heavy (non-hydrogen) atoms. The van der Waals surface area contributed by atoms with Crippen molar-refractivity contribution in [2.75, 3.05) is 0 Å². The highest BCUT2D eigenvalue weighted by atomic mass is 32.2. The van der Waals surface area contributed by atoms with E-state index in [1.165, 1.54) is 0 Å². The molecule has 4 heteroatoms. The van der Waals surface area contributed by atoms with Crippen LogP contribution in [0.15, 0.2) is 82.6 Å². The molecule has 2 atom stereocenters. The zero-order valence-electron chi connectivity index (χ0n) is 12.4. The molecule has 0 saturated carbocycles. The molecule has 1 aliphatic carbocycles. The number of ether oxygens (including phenoxy) is 1. The van der Waals surface area contributed by atoms with Gasteiger partial charge < -0.3 is 4.74 Å². The minimum atomic E-state index is -3.58. The monoisotopic (exact) mass is 324 g/mol. The summed E-state index contributed by atoms with van der Waals surface area (Å²) in [7, 11) is -3.58. The van der Waals surface area contributed by atoms with Crippen LogP contribution in [0.1, 0.15) is 12.0 Å². The molecule has 2 aliphatic rings. The van der Waals surface area contributed by atoms with E-state index in [9.17, 15) is 8.42 Å². The third-order valence-corrected chi connectivity index (χ3v) is 6.27. The maximum absolute atomic E-state index is 13.2. The zero-order chi connectivity index (χ0) is 15.9. The Balaban J connectivity index is 1.91. The van der Waals surface area contributed by atoms with Crippen molar-refractivity contribution in [1.29, 1.82) is 0 Å². The van der Waals surface area contributed by atoms with Crippen LogP contribution in [-0.2, 0) is 14.6 Å². The summed E-state index contributed by atoms with van der Waals surface area (Å²) in [6.45, 7) is 0. The number of fused-ring (bicyclic) bond motifs is 1. The Hall–Kier alpha value is -2.33. The summed E-state index contributed by atoms with van der Waals surface area (Å²) in [5.74, 6) is 0.365. The van der Waals surface area contributed by atoms with E-state index in [2.05, 4.69) is 0 Å². The summed E-state index contributed by atoms with van der Waals surface area (Å²) in [6, 6.07) is 18.1.